The number of aromatic nitrogens is 1. The lowest BCUT2D eigenvalue weighted by molar-refractivity contribution is -0.120. The molecule has 4 heteroatoms. The van der Waals surface area contributed by atoms with Gasteiger partial charge in [-0.3, -0.25) is 4.79 Å². The van der Waals surface area contributed by atoms with Crippen molar-refractivity contribution in [2.24, 2.45) is 0 Å². The SMILES string of the molecule is CC(Cl)C(=O)NCCCn1ccc2ccccc21. The number of hydrogen-bond donors (Lipinski definition) is 1. The highest BCUT2D eigenvalue weighted by molar-refractivity contribution is 6.30. The monoisotopic (exact) mass is 264 g/mol. The van der Waals surface area contributed by atoms with Gasteiger partial charge in [0, 0.05) is 24.8 Å². The fourth-order valence-corrected chi connectivity index (χ4v) is 2.01. The van der Waals surface area contributed by atoms with Gasteiger partial charge < -0.3 is 9.88 Å². The normalized spacial score (nSPS) is 12.6. The van der Waals surface area contributed by atoms with Gasteiger partial charge in [0.25, 0.3) is 0 Å². The lowest BCUT2D eigenvalue weighted by Gasteiger charge is -2.08. The molecule has 1 amide bonds. The third-order valence-corrected chi connectivity index (χ3v) is 3.11. The number of amides is 1. The molecule has 1 unspecified atom stereocenters. The number of aryl methyl sites for hydroxylation is 1. The Bertz CT molecular complexity index is 533. The zero-order valence-corrected chi connectivity index (χ0v) is 11.2. The van der Waals surface area contributed by atoms with Gasteiger partial charge in [-0.15, -0.1) is 11.6 Å². The van der Waals surface area contributed by atoms with E-state index < -0.39 is 5.38 Å². The molecule has 3 nitrogen and oxygen atoms in total. The van der Waals surface area contributed by atoms with Gasteiger partial charge >= 0.3 is 0 Å². The van der Waals surface area contributed by atoms with E-state index in [1.165, 1.54) is 10.9 Å². The fourth-order valence-electron chi connectivity index (χ4n) is 1.94. The van der Waals surface area contributed by atoms with Crippen molar-refractivity contribution in [2.75, 3.05) is 6.54 Å². The van der Waals surface area contributed by atoms with E-state index in [4.69, 9.17) is 11.6 Å². The second kappa shape index (κ2) is 5.91. The van der Waals surface area contributed by atoms with E-state index >= 15 is 0 Å². The number of hydrogen-bond acceptors (Lipinski definition) is 1. The van der Waals surface area contributed by atoms with E-state index in [0.29, 0.717) is 6.54 Å². The van der Waals surface area contributed by atoms with Crippen molar-refractivity contribution in [1.29, 1.82) is 0 Å². The molecule has 0 radical (unpaired) electrons. The number of halogens is 1. The van der Waals surface area contributed by atoms with Gasteiger partial charge in [0.2, 0.25) is 5.91 Å². The third kappa shape index (κ3) is 3.05. The zero-order chi connectivity index (χ0) is 13.0. The molecule has 0 aliphatic rings. The van der Waals surface area contributed by atoms with Crippen LogP contribution in [0, 0.1) is 0 Å². The molecule has 0 spiro atoms. The molecule has 0 aliphatic carbocycles. The van der Waals surface area contributed by atoms with Gasteiger partial charge in [-0.25, -0.2) is 0 Å². The second-order valence-electron chi connectivity index (χ2n) is 4.33. The standard InChI is InChI=1S/C14H17ClN2O/c1-11(15)14(18)16-8-4-9-17-10-7-12-5-2-3-6-13(12)17/h2-3,5-7,10-11H,4,8-9H2,1H3,(H,16,18). The molecular formula is C14H17ClN2O. The molecule has 1 aromatic carbocycles. The maximum atomic E-state index is 11.3. The number of fused-ring (bicyclic) bond motifs is 1. The number of nitrogens with zero attached hydrogens (tertiary/aromatic N) is 1. The first kappa shape index (κ1) is 13.0. The van der Waals surface area contributed by atoms with Gasteiger partial charge in [-0.1, -0.05) is 18.2 Å². The molecule has 1 N–H and O–H groups in total. The van der Waals surface area contributed by atoms with Crippen molar-refractivity contribution in [3.8, 4) is 0 Å². The Morgan fingerprint density at radius 1 is 1.39 bits per heavy atom. The van der Waals surface area contributed by atoms with E-state index in [1.54, 1.807) is 6.92 Å². The van der Waals surface area contributed by atoms with Gasteiger partial charge in [-0.05, 0) is 30.9 Å². The summed E-state index contributed by atoms with van der Waals surface area (Å²) in [6.07, 6.45) is 2.98. The topological polar surface area (TPSA) is 34.0 Å². The molecule has 0 bridgehead atoms. The summed E-state index contributed by atoms with van der Waals surface area (Å²) >= 11 is 5.67. The van der Waals surface area contributed by atoms with E-state index in [2.05, 4.69) is 34.3 Å². The van der Waals surface area contributed by atoms with Crippen LogP contribution in [0.5, 0.6) is 0 Å². The molecular weight excluding hydrogens is 248 g/mol. The molecule has 0 fully saturated rings. The molecule has 0 aliphatic heterocycles. The summed E-state index contributed by atoms with van der Waals surface area (Å²) in [4.78, 5) is 11.3. The number of nitrogens with one attached hydrogen (secondary N) is 1. The van der Waals surface area contributed by atoms with Crippen LogP contribution in [0.25, 0.3) is 10.9 Å². The van der Waals surface area contributed by atoms with Crippen LogP contribution in [0.1, 0.15) is 13.3 Å². The van der Waals surface area contributed by atoms with Crippen LogP contribution in [0.2, 0.25) is 0 Å². The predicted molar refractivity (Wildman–Crippen MR) is 74.9 cm³/mol. The summed E-state index contributed by atoms with van der Waals surface area (Å²) in [6.45, 7) is 3.23. The third-order valence-electron chi connectivity index (χ3n) is 2.92. The van der Waals surface area contributed by atoms with E-state index in [9.17, 15) is 4.79 Å². The quantitative estimate of drug-likeness (QED) is 0.654. The molecule has 1 aromatic heterocycles. The van der Waals surface area contributed by atoms with Crippen molar-refractivity contribution in [3.63, 3.8) is 0 Å². The van der Waals surface area contributed by atoms with Crippen LogP contribution in [-0.2, 0) is 11.3 Å². The van der Waals surface area contributed by atoms with Crippen LogP contribution < -0.4 is 5.32 Å². The summed E-state index contributed by atoms with van der Waals surface area (Å²) in [7, 11) is 0. The minimum atomic E-state index is -0.461. The first-order valence-electron chi connectivity index (χ1n) is 6.14. The number of carbonyl (C=O) groups is 1. The number of benzene rings is 1. The van der Waals surface area contributed by atoms with Crippen LogP contribution in [0.4, 0.5) is 0 Å². The van der Waals surface area contributed by atoms with Gasteiger partial charge in [0.15, 0.2) is 0 Å². The fraction of sp³-hybridized carbons (Fsp3) is 0.357. The van der Waals surface area contributed by atoms with Gasteiger partial charge in [0.1, 0.15) is 5.38 Å². The summed E-state index contributed by atoms with van der Waals surface area (Å²) in [6, 6.07) is 10.4. The number of alkyl halides is 1. The van der Waals surface area contributed by atoms with Crippen LogP contribution in [0.3, 0.4) is 0 Å². The maximum absolute atomic E-state index is 11.3. The Balaban J connectivity index is 1.85. The molecule has 1 heterocycles. The van der Waals surface area contributed by atoms with E-state index in [1.807, 2.05) is 12.1 Å². The lowest BCUT2D eigenvalue weighted by Crippen LogP contribution is -2.30. The highest BCUT2D eigenvalue weighted by atomic mass is 35.5. The van der Waals surface area contributed by atoms with E-state index in [-0.39, 0.29) is 5.91 Å². The van der Waals surface area contributed by atoms with Crippen LogP contribution in [-0.4, -0.2) is 22.4 Å². The highest BCUT2D eigenvalue weighted by Crippen LogP contribution is 2.15. The van der Waals surface area contributed by atoms with Crippen molar-refractivity contribution in [2.45, 2.75) is 25.3 Å². The average Bonchev–Trinajstić information content (AvgIpc) is 2.77. The number of rotatable bonds is 5. The predicted octanol–water partition coefficient (Wildman–Crippen LogP) is 2.77. The summed E-state index contributed by atoms with van der Waals surface area (Å²) in [5.41, 5.74) is 1.23. The summed E-state index contributed by atoms with van der Waals surface area (Å²) in [5, 5.41) is 3.59. The molecule has 1 atom stereocenters. The maximum Gasteiger partial charge on any atom is 0.237 e. The molecule has 18 heavy (non-hydrogen) atoms. The Labute approximate surface area is 112 Å². The molecule has 2 rings (SSSR count). The minimum Gasteiger partial charge on any atom is -0.355 e. The van der Waals surface area contributed by atoms with Crippen molar-refractivity contribution < 1.29 is 4.79 Å². The summed E-state index contributed by atoms with van der Waals surface area (Å²) < 4.78 is 2.20. The molecule has 96 valence electrons. The van der Waals surface area contributed by atoms with Gasteiger partial charge in [0.05, 0.1) is 0 Å². The highest BCUT2D eigenvalue weighted by Gasteiger charge is 2.07. The van der Waals surface area contributed by atoms with Gasteiger partial charge in [-0.2, -0.15) is 0 Å². The molecule has 2 aromatic rings. The molecule has 0 saturated carbocycles. The average molecular weight is 265 g/mol. The van der Waals surface area contributed by atoms with Crippen LogP contribution >= 0.6 is 11.6 Å². The first-order chi connectivity index (χ1) is 8.68. The molecule has 0 saturated heterocycles. The Kier molecular flexibility index (Phi) is 4.26. The van der Waals surface area contributed by atoms with Crippen LogP contribution in [0.15, 0.2) is 36.5 Å². The Morgan fingerprint density at radius 3 is 2.94 bits per heavy atom. The zero-order valence-electron chi connectivity index (χ0n) is 10.4. The Morgan fingerprint density at radius 2 is 2.17 bits per heavy atom. The Hall–Kier alpha value is -1.48. The summed E-state index contributed by atoms with van der Waals surface area (Å²) in [5.74, 6) is -0.103. The number of carbonyl (C=O) groups excluding carboxylic acids is 1. The van der Waals surface area contributed by atoms with E-state index in [0.717, 1.165) is 13.0 Å². The van der Waals surface area contributed by atoms with Crippen molar-refractivity contribution in [1.82, 2.24) is 9.88 Å². The minimum absolute atomic E-state index is 0.103. The number of para-hydroxylation sites is 1. The van der Waals surface area contributed by atoms with Crippen molar-refractivity contribution >= 4 is 28.4 Å². The first-order valence-corrected chi connectivity index (χ1v) is 6.58. The smallest absolute Gasteiger partial charge is 0.237 e. The second-order valence-corrected chi connectivity index (χ2v) is 4.98. The van der Waals surface area contributed by atoms with Crippen molar-refractivity contribution in [3.05, 3.63) is 36.5 Å². The lowest BCUT2D eigenvalue weighted by atomic mass is 10.2. The largest absolute Gasteiger partial charge is 0.355 e.